The van der Waals surface area contributed by atoms with E-state index < -0.39 is 5.97 Å². The Labute approximate surface area is 102 Å². The van der Waals surface area contributed by atoms with Gasteiger partial charge in [0.05, 0.1) is 6.04 Å². The van der Waals surface area contributed by atoms with Crippen LogP contribution in [0.5, 0.6) is 0 Å². The number of aromatic nitrogens is 2. The molecule has 2 rings (SSSR count). The fourth-order valence-electron chi connectivity index (χ4n) is 1.41. The van der Waals surface area contributed by atoms with E-state index in [0.717, 1.165) is 5.01 Å². The van der Waals surface area contributed by atoms with Crippen LogP contribution in [0.1, 0.15) is 28.3 Å². The fraction of sp³-hybridized carbons (Fsp3) is 0.182. The molecule has 0 aliphatic rings. The van der Waals surface area contributed by atoms with Crippen LogP contribution in [-0.2, 0) is 0 Å². The lowest BCUT2D eigenvalue weighted by Gasteiger charge is -2.13. The van der Waals surface area contributed by atoms with Crippen LogP contribution < -0.4 is 5.32 Å². The maximum absolute atomic E-state index is 11.0. The molecule has 17 heavy (non-hydrogen) atoms. The summed E-state index contributed by atoms with van der Waals surface area (Å²) in [7, 11) is 0. The molecule has 2 N–H and O–H groups in total. The Balaban J connectivity index is 2.21. The van der Waals surface area contributed by atoms with E-state index in [9.17, 15) is 4.79 Å². The van der Waals surface area contributed by atoms with Crippen molar-refractivity contribution >= 4 is 23.1 Å². The number of anilines is 1. The zero-order chi connectivity index (χ0) is 12.3. The predicted molar refractivity (Wildman–Crippen MR) is 65.3 cm³/mol. The van der Waals surface area contributed by atoms with Gasteiger partial charge in [-0.15, -0.1) is 11.3 Å². The Morgan fingerprint density at radius 1 is 1.47 bits per heavy atom. The Kier molecular flexibility index (Phi) is 3.34. The van der Waals surface area contributed by atoms with Gasteiger partial charge in [0, 0.05) is 17.8 Å². The standard InChI is InChI=1S/C11H11N3O2S/c1-7(10-13-5-6-17-10)14-9-8(11(15)16)3-2-4-12-9/h2-7H,1H3,(H,12,14)(H,15,16). The molecule has 88 valence electrons. The fourth-order valence-corrected chi connectivity index (χ4v) is 2.05. The predicted octanol–water partition coefficient (Wildman–Crippen LogP) is 2.41. The van der Waals surface area contributed by atoms with Crippen LogP contribution in [-0.4, -0.2) is 21.0 Å². The van der Waals surface area contributed by atoms with Crippen molar-refractivity contribution in [2.75, 3.05) is 5.32 Å². The molecule has 0 aliphatic heterocycles. The second kappa shape index (κ2) is 4.92. The van der Waals surface area contributed by atoms with Gasteiger partial charge in [-0.05, 0) is 19.1 Å². The number of carboxylic acids is 1. The number of nitrogens with zero attached hydrogens (tertiary/aromatic N) is 2. The summed E-state index contributed by atoms with van der Waals surface area (Å²) in [6.07, 6.45) is 3.28. The summed E-state index contributed by atoms with van der Waals surface area (Å²) in [6, 6.07) is 3.05. The van der Waals surface area contributed by atoms with E-state index in [1.807, 2.05) is 12.3 Å². The van der Waals surface area contributed by atoms with E-state index in [2.05, 4.69) is 15.3 Å². The van der Waals surface area contributed by atoms with Crippen molar-refractivity contribution < 1.29 is 9.90 Å². The lowest BCUT2D eigenvalue weighted by Crippen LogP contribution is -2.11. The van der Waals surface area contributed by atoms with Crippen molar-refractivity contribution in [3.8, 4) is 0 Å². The van der Waals surface area contributed by atoms with Crippen LogP contribution in [0, 0.1) is 0 Å². The molecular formula is C11H11N3O2S. The molecule has 2 aromatic rings. The van der Waals surface area contributed by atoms with Gasteiger partial charge in [0.1, 0.15) is 16.4 Å². The molecule has 2 heterocycles. The summed E-state index contributed by atoms with van der Waals surface area (Å²) >= 11 is 1.52. The number of thiazole rings is 1. The van der Waals surface area contributed by atoms with Crippen molar-refractivity contribution in [2.24, 2.45) is 0 Å². The molecule has 5 nitrogen and oxygen atoms in total. The van der Waals surface area contributed by atoms with Crippen LogP contribution in [0.4, 0.5) is 5.82 Å². The van der Waals surface area contributed by atoms with Crippen LogP contribution in [0.3, 0.4) is 0 Å². The minimum atomic E-state index is -0.994. The Morgan fingerprint density at radius 2 is 2.29 bits per heavy atom. The average Bonchev–Trinajstić information content (AvgIpc) is 2.83. The minimum absolute atomic E-state index is 0.0667. The van der Waals surface area contributed by atoms with E-state index in [0.29, 0.717) is 5.82 Å². The highest BCUT2D eigenvalue weighted by atomic mass is 32.1. The molecule has 6 heteroatoms. The van der Waals surface area contributed by atoms with Crippen molar-refractivity contribution in [3.05, 3.63) is 40.5 Å². The Bertz CT molecular complexity index is 513. The number of hydrogen-bond donors (Lipinski definition) is 2. The zero-order valence-electron chi connectivity index (χ0n) is 9.12. The van der Waals surface area contributed by atoms with E-state index in [1.54, 1.807) is 18.5 Å². The Morgan fingerprint density at radius 3 is 2.94 bits per heavy atom. The van der Waals surface area contributed by atoms with Crippen LogP contribution in [0.25, 0.3) is 0 Å². The highest BCUT2D eigenvalue weighted by Gasteiger charge is 2.14. The first-order valence-corrected chi connectivity index (χ1v) is 5.90. The first kappa shape index (κ1) is 11.5. The first-order valence-electron chi connectivity index (χ1n) is 5.02. The maximum Gasteiger partial charge on any atom is 0.339 e. The topological polar surface area (TPSA) is 75.1 Å². The summed E-state index contributed by atoms with van der Waals surface area (Å²) in [6.45, 7) is 1.92. The quantitative estimate of drug-likeness (QED) is 0.870. The van der Waals surface area contributed by atoms with Gasteiger partial charge in [-0.1, -0.05) is 0 Å². The van der Waals surface area contributed by atoms with Crippen LogP contribution in [0.15, 0.2) is 29.9 Å². The SMILES string of the molecule is CC(Nc1ncccc1C(=O)O)c1nccs1. The summed E-state index contributed by atoms with van der Waals surface area (Å²) in [5.74, 6) is -0.630. The van der Waals surface area contributed by atoms with Crippen molar-refractivity contribution in [1.82, 2.24) is 9.97 Å². The van der Waals surface area contributed by atoms with E-state index >= 15 is 0 Å². The number of aromatic carboxylic acids is 1. The van der Waals surface area contributed by atoms with Gasteiger partial charge in [0.2, 0.25) is 0 Å². The molecule has 0 saturated heterocycles. The van der Waals surface area contributed by atoms with E-state index in [4.69, 9.17) is 5.11 Å². The summed E-state index contributed by atoms with van der Waals surface area (Å²) in [5, 5.41) is 14.8. The van der Waals surface area contributed by atoms with Gasteiger partial charge < -0.3 is 10.4 Å². The third-order valence-electron chi connectivity index (χ3n) is 2.21. The second-order valence-corrected chi connectivity index (χ2v) is 4.37. The Hall–Kier alpha value is -1.95. The molecule has 0 amide bonds. The van der Waals surface area contributed by atoms with Crippen LogP contribution in [0.2, 0.25) is 0 Å². The molecule has 0 spiro atoms. The van der Waals surface area contributed by atoms with Gasteiger partial charge in [0.25, 0.3) is 0 Å². The number of pyridine rings is 1. The van der Waals surface area contributed by atoms with Gasteiger partial charge in [0.15, 0.2) is 0 Å². The summed E-state index contributed by atoms with van der Waals surface area (Å²) in [5.41, 5.74) is 0.163. The molecule has 1 unspecified atom stereocenters. The third-order valence-corrected chi connectivity index (χ3v) is 3.17. The molecule has 0 saturated carbocycles. The molecular weight excluding hydrogens is 238 g/mol. The summed E-state index contributed by atoms with van der Waals surface area (Å²) < 4.78 is 0. The largest absolute Gasteiger partial charge is 0.478 e. The van der Waals surface area contributed by atoms with Gasteiger partial charge in [-0.2, -0.15) is 0 Å². The molecule has 0 bridgehead atoms. The van der Waals surface area contributed by atoms with Crippen molar-refractivity contribution in [3.63, 3.8) is 0 Å². The lowest BCUT2D eigenvalue weighted by atomic mass is 10.2. The molecule has 0 aromatic carbocycles. The molecule has 2 aromatic heterocycles. The van der Waals surface area contributed by atoms with Crippen molar-refractivity contribution in [2.45, 2.75) is 13.0 Å². The van der Waals surface area contributed by atoms with Crippen molar-refractivity contribution in [1.29, 1.82) is 0 Å². The number of hydrogen-bond acceptors (Lipinski definition) is 5. The summed E-state index contributed by atoms with van der Waals surface area (Å²) in [4.78, 5) is 19.2. The van der Waals surface area contributed by atoms with E-state index in [-0.39, 0.29) is 11.6 Å². The van der Waals surface area contributed by atoms with Gasteiger partial charge in [-0.3, -0.25) is 0 Å². The minimum Gasteiger partial charge on any atom is -0.478 e. The lowest BCUT2D eigenvalue weighted by molar-refractivity contribution is 0.0697. The number of rotatable bonds is 4. The average molecular weight is 249 g/mol. The third kappa shape index (κ3) is 2.59. The zero-order valence-corrected chi connectivity index (χ0v) is 9.94. The molecule has 0 aliphatic carbocycles. The smallest absolute Gasteiger partial charge is 0.339 e. The monoisotopic (exact) mass is 249 g/mol. The highest BCUT2D eigenvalue weighted by Crippen LogP contribution is 2.21. The number of nitrogens with one attached hydrogen (secondary N) is 1. The molecule has 0 radical (unpaired) electrons. The van der Waals surface area contributed by atoms with Crippen LogP contribution >= 0.6 is 11.3 Å². The van der Waals surface area contributed by atoms with E-state index in [1.165, 1.54) is 17.4 Å². The van der Waals surface area contributed by atoms with Gasteiger partial charge >= 0.3 is 5.97 Å². The maximum atomic E-state index is 11.0. The first-order chi connectivity index (χ1) is 8.18. The highest BCUT2D eigenvalue weighted by molar-refractivity contribution is 7.09. The molecule has 1 atom stereocenters. The number of carboxylic acid groups (broad SMARTS) is 1. The van der Waals surface area contributed by atoms with Gasteiger partial charge in [-0.25, -0.2) is 14.8 Å². The number of carbonyl (C=O) groups is 1. The normalized spacial score (nSPS) is 12.1. The second-order valence-electron chi connectivity index (χ2n) is 3.44. The molecule has 0 fully saturated rings.